The van der Waals surface area contributed by atoms with Crippen molar-refractivity contribution in [3.8, 4) is 0 Å². The van der Waals surface area contributed by atoms with Crippen molar-refractivity contribution in [3.63, 3.8) is 0 Å². The smallest absolute Gasteiger partial charge is 0.257 e. The lowest BCUT2D eigenvalue weighted by Crippen LogP contribution is -2.35. The van der Waals surface area contributed by atoms with Crippen LogP contribution < -0.4 is 4.72 Å². The number of rotatable bonds is 4. The second-order valence-electron chi connectivity index (χ2n) is 2.62. The topological polar surface area (TPSA) is 95.1 Å². The number of imidazole rings is 1. The Hall–Kier alpha value is -0.920. The first-order chi connectivity index (χ1) is 6.06. The van der Waals surface area contributed by atoms with Crippen molar-refractivity contribution in [2.24, 2.45) is 0 Å². The summed E-state index contributed by atoms with van der Waals surface area (Å²) >= 11 is 0. The number of aromatic amines is 1. The van der Waals surface area contributed by atoms with Gasteiger partial charge in [0.25, 0.3) is 10.0 Å². The van der Waals surface area contributed by atoms with Crippen LogP contribution in [0.15, 0.2) is 17.6 Å². The molecule has 0 unspecified atom stereocenters. The molecule has 0 bridgehead atoms. The van der Waals surface area contributed by atoms with E-state index in [4.69, 9.17) is 5.11 Å². The summed E-state index contributed by atoms with van der Waals surface area (Å²) in [4.78, 5) is 6.05. The molecule has 0 fully saturated rings. The zero-order valence-electron chi connectivity index (χ0n) is 7.06. The number of aliphatic hydroxyl groups excluding tert-OH is 1. The molecule has 1 aromatic heterocycles. The Morgan fingerprint density at radius 3 is 2.92 bits per heavy atom. The molecule has 0 aliphatic heterocycles. The normalized spacial score (nSPS) is 14.3. The first-order valence-electron chi connectivity index (χ1n) is 3.68. The molecule has 0 amide bonds. The van der Waals surface area contributed by atoms with Gasteiger partial charge in [0.2, 0.25) is 0 Å². The minimum atomic E-state index is -3.56. The van der Waals surface area contributed by atoms with E-state index >= 15 is 0 Å². The van der Waals surface area contributed by atoms with Gasteiger partial charge in [-0.05, 0) is 6.92 Å². The summed E-state index contributed by atoms with van der Waals surface area (Å²) in [5.41, 5.74) is 0. The Labute approximate surface area is 76.1 Å². The quantitative estimate of drug-likeness (QED) is 0.591. The average molecular weight is 205 g/mol. The summed E-state index contributed by atoms with van der Waals surface area (Å²) in [6.07, 6.45) is 2.48. The highest BCUT2D eigenvalue weighted by atomic mass is 32.2. The van der Waals surface area contributed by atoms with Crippen LogP contribution in [0.2, 0.25) is 0 Å². The average Bonchev–Trinajstić information content (AvgIpc) is 2.55. The second kappa shape index (κ2) is 3.86. The van der Waals surface area contributed by atoms with Gasteiger partial charge >= 0.3 is 0 Å². The van der Waals surface area contributed by atoms with Crippen molar-refractivity contribution in [1.82, 2.24) is 14.7 Å². The number of hydrogen-bond donors (Lipinski definition) is 3. The third kappa shape index (κ3) is 2.51. The fourth-order valence-electron chi connectivity index (χ4n) is 0.756. The highest BCUT2D eigenvalue weighted by Crippen LogP contribution is 2.02. The maximum atomic E-state index is 11.4. The van der Waals surface area contributed by atoms with E-state index in [1.54, 1.807) is 6.92 Å². The van der Waals surface area contributed by atoms with Crippen LogP contribution in [0.3, 0.4) is 0 Å². The van der Waals surface area contributed by atoms with Crippen LogP contribution in [0.4, 0.5) is 0 Å². The molecule has 13 heavy (non-hydrogen) atoms. The van der Waals surface area contributed by atoms with Gasteiger partial charge < -0.3 is 10.1 Å². The number of hydrogen-bond acceptors (Lipinski definition) is 4. The third-order valence-corrected chi connectivity index (χ3v) is 2.91. The Morgan fingerprint density at radius 2 is 2.46 bits per heavy atom. The van der Waals surface area contributed by atoms with E-state index in [1.807, 2.05) is 0 Å². The standard InChI is InChI=1S/C6H11N3O3S/c1-5(3-10)9-13(11,12)6-2-7-4-8-6/h2,4-5,9-10H,3H2,1H3,(H,7,8)/t5-/m0/s1. The molecule has 1 aromatic rings. The van der Waals surface area contributed by atoms with Gasteiger partial charge in [0.15, 0.2) is 5.03 Å². The van der Waals surface area contributed by atoms with Crippen LogP contribution >= 0.6 is 0 Å². The summed E-state index contributed by atoms with van der Waals surface area (Å²) in [6.45, 7) is 1.32. The fourth-order valence-corrected chi connectivity index (χ4v) is 1.89. The van der Waals surface area contributed by atoms with E-state index < -0.39 is 16.1 Å². The molecule has 0 saturated carbocycles. The molecule has 7 heteroatoms. The van der Waals surface area contributed by atoms with E-state index in [0.29, 0.717) is 0 Å². The lowest BCUT2D eigenvalue weighted by atomic mass is 10.4. The lowest BCUT2D eigenvalue weighted by molar-refractivity contribution is 0.265. The van der Waals surface area contributed by atoms with Crippen LogP contribution in [0, 0.1) is 0 Å². The maximum absolute atomic E-state index is 11.4. The molecule has 0 spiro atoms. The largest absolute Gasteiger partial charge is 0.395 e. The van der Waals surface area contributed by atoms with Crippen molar-refractivity contribution in [1.29, 1.82) is 0 Å². The van der Waals surface area contributed by atoms with Gasteiger partial charge in [-0.2, -0.15) is 0 Å². The number of sulfonamides is 1. The molecule has 0 aliphatic carbocycles. The summed E-state index contributed by atoms with van der Waals surface area (Å²) in [7, 11) is -3.56. The van der Waals surface area contributed by atoms with Crippen molar-refractivity contribution >= 4 is 10.0 Å². The van der Waals surface area contributed by atoms with E-state index in [1.165, 1.54) is 12.5 Å². The first-order valence-corrected chi connectivity index (χ1v) is 5.16. The monoisotopic (exact) mass is 205 g/mol. The SMILES string of the molecule is C[C@@H](CO)NS(=O)(=O)c1cnc[nH]1. The molecule has 6 nitrogen and oxygen atoms in total. The minimum absolute atomic E-state index is 0.00667. The second-order valence-corrected chi connectivity index (χ2v) is 4.30. The highest BCUT2D eigenvalue weighted by Gasteiger charge is 2.17. The molecule has 0 saturated heterocycles. The first kappa shape index (κ1) is 10.2. The molecular formula is C6H11N3O3S. The molecule has 1 atom stereocenters. The number of H-pyrrole nitrogens is 1. The maximum Gasteiger partial charge on any atom is 0.257 e. The minimum Gasteiger partial charge on any atom is -0.395 e. The van der Waals surface area contributed by atoms with Crippen molar-refractivity contribution in [3.05, 3.63) is 12.5 Å². The van der Waals surface area contributed by atoms with E-state index in [2.05, 4.69) is 14.7 Å². The molecule has 0 aliphatic rings. The van der Waals surface area contributed by atoms with Gasteiger partial charge in [-0.25, -0.2) is 18.1 Å². The Kier molecular flexibility index (Phi) is 3.02. The van der Waals surface area contributed by atoms with E-state index in [9.17, 15) is 8.42 Å². The molecular weight excluding hydrogens is 194 g/mol. The summed E-state index contributed by atoms with van der Waals surface area (Å²) in [6, 6.07) is -0.506. The lowest BCUT2D eigenvalue weighted by Gasteiger charge is -2.09. The predicted octanol–water partition coefficient (Wildman–Crippen LogP) is -0.931. The van der Waals surface area contributed by atoms with Crippen molar-refractivity contribution < 1.29 is 13.5 Å². The van der Waals surface area contributed by atoms with Gasteiger partial charge in [-0.15, -0.1) is 0 Å². The van der Waals surface area contributed by atoms with Gasteiger partial charge in [0.05, 0.1) is 19.1 Å². The predicted molar refractivity (Wildman–Crippen MR) is 45.5 cm³/mol. The third-order valence-electron chi connectivity index (χ3n) is 1.39. The number of nitrogens with one attached hydrogen (secondary N) is 2. The molecule has 1 rings (SSSR count). The van der Waals surface area contributed by atoms with Gasteiger partial charge in [0, 0.05) is 6.04 Å². The van der Waals surface area contributed by atoms with Crippen LogP contribution in [0.1, 0.15) is 6.92 Å². The van der Waals surface area contributed by atoms with E-state index in [-0.39, 0.29) is 11.6 Å². The summed E-state index contributed by atoms with van der Waals surface area (Å²) in [5, 5.41) is 8.64. The number of nitrogens with zero attached hydrogens (tertiary/aromatic N) is 1. The Bertz CT molecular complexity index is 345. The molecule has 0 radical (unpaired) electrons. The van der Waals surface area contributed by atoms with E-state index in [0.717, 1.165) is 0 Å². The molecule has 0 aromatic carbocycles. The Balaban J connectivity index is 2.79. The van der Waals surface area contributed by atoms with Crippen LogP contribution in [0.5, 0.6) is 0 Å². The molecule has 3 N–H and O–H groups in total. The van der Waals surface area contributed by atoms with Crippen LogP contribution in [-0.2, 0) is 10.0 Å². The van der Waals surface area contributed by atoms with Crippen LogP contribution in [0.25, 0.3) is 0 Å². The summed E-state index contributed by atoms with van der Waals surface area (Å²) in [5.74, 6) is 0. The number of aliphatic hydroxyl groups is 1. The molecule has 1 heterocycles. The van der Waals surface area contributed by atoms with Crippen molar-refractivity contribution in [2.45, 2.75) is 18.0 Å². The Morgan fingerprint density at radius 1 is 1.77 bits per heavy atom. The van der Waals surface area contributed by atoms with Crippen LogP contribution in [-0.4, -0.2) is 36.1 Å². The zero-order valence-corrected chi connectivity index (χ0v) is 7.87. The fraction of sp³-hybridized carbons (Fsp3) is 0.500. The highest BCUT2D eigenvalue weighted by molar-refractivity contribution is 7.89. The molecule has 74 valence electrons. The van der Waals surface area contributed by atoms with Crippen molar-refractivity contribution in [2.75, 3.05) is 6.61 Å². The number of aromatic nitrogens is 2. The van der Waals surface area contributed by atoms with Gasteiger partial charge in [-0.1, -0.05) is 0 Å². The van der Waals surface area contributed by atoms with Gasteiger partial charge in [-0.3, -0.25) is 0 Å². The summed E-state index contributed by atoms with van der Waals surface area (Å²) < 4.78 is 25.0. The zero-order chi connectivity index (χ0) is 9.90. The van der Waals surface area contributed by atoms with Gasteiger partial charge in [0.1, 0.15) is 0 Å².